The van der Waals surface area contributed by atoms with Crippen LogP contribution in [0.15, 0.2) is 48.8 Å². The van der Waals surface area contributed by atoms with Crippen molar-refractivity contribution in [2.45, 2.75) is 26.9 Å². The molecule has 0 bridgehead atoms. The summed E-state index contributed by atoms with van der Waals surface area (Å²) in [5.41, 5.74) is 2.69. The summed E-state index contributed by atoms with van der Waals surface area (Å²) in [6, 6.07) is 11.9. The Kier molecular flexibility index (Phi) is 4.44. The Morgan fingerprint density at radius 3 is 2.83 bits per heavy atom. The van der Waals surface area contributed by atoms with Gasteiger partial charge in [0.1, 0.15) is 0 Å². The molecule has 0 unspecified atom stereocenters. The van der Waals surface area contributed by atoms with Gasteiger partial charge in [0.25, 0.3) is 0 Å². The van der Waals surface area contributed by atoms with E-state index in [9.17, 15) is 4.79 Å². The van der Waals surface area contributed by atoms with Gasteiger partial charge in [-0.15, -0.1) is 0 Å². The van der Waals surface area contributed by atoms with Crippen LogP contribution in [-0.4, -0.2) is 24.0 Å². The van der Waals surface area contributed by atoms with Crippen LogP contribution in [0, 0.1) is 5.41 Å². The SMILES string of the molecule is CC(C)(COCc1ccccc1)C(=O)N1CCc2cnccc21. The van der Waals surface area contributed by atoms with Gasteiger partial charge in [-0.25, -0.2) is 0 Å². The van der Waals surface area contributed by atoms with Gasteiger partial charge in [0.05, 0.1) is 18.6 Å². The number of ether oxygens (including phenoxy) is 1. The van der Waals surface area contributed by atoms with Crippen molar-refractivity contribution in [2.24, 2.45) is 5.41 Å². The summed E-state index contributed by atoms with van der Waals surface area (Å²) in [7, 11) is 0. The fraction of sp³-hybridized carbons (Fsp3) is 0.368. The second-order valence-electron chi connectivity index (χ2n) is 6.57. The predicted octanol–water partition coefficient (Wildman–Crippen LogP) is 3.21. The Morgan fingerprint density at radius 1 is 1.26 bits per heavy atom. The minimum Gasteiger partial charge on any atom is -0.376 e. The van der Waals surface area contributed by atoms with Crippen molar-refractivity contribution in [3.05, 3.63) is 59.9 Å². The molecule has 3 rings (SSSR count). The van der Waals surface area contributed by atoms with Crippen molar-refractivity contribution >= 4 is 11.6 Å². The summed E-state index contributed by atoms with van der Waals surface area (Å²) < 4.78 is 5.79. The van der Waals surface area contributed by atoms with E-state index in [0.717, 1.165) is 29.8 Å². The zero-order valence-electron chi connectivity index (χ0n) is 13.7. The Bertz CT molecular complexity index is 683. The van der Waals surface area contributed by atoms with Crippen LogP contribution in [0.5, 0.6) is 0 Å². The average Bonchev–Trinajstić information content (AvgIpc) is 2.99. The number of fused-ring (bicyclic) bond motifs is 1. The second-order valence-corrected chi connectivity index (χ2v) is 6.57. The van der Waals surface area contributed by atoms with Crippen molar-refractivity contribution in [1.29, 1.82) is 0 Å². The Labute approximate surface area is 137 Å². The molecule has 0 spiro atoms. The number of carbonyl (C=O) groups is 1. The maximum atomic E-state index is 12.9. The minimum absolute atomic E-state index is 0.107. The van der Waals surface area contributed by atoms with Crippen molar-refractivity contribution in [2.75, 3.05) is 18.1 Å². The minimum atomic E-state index is -0.556. The Morgan fingerprint density at radius 2 is 2.04 bits per heavy atom. The molecule has 4 heteroatoms. The quantitative estimate of drug-likeness (QED) is 0.851. The van der Waals surface area contributed by atoms with Crippen molar-refractivity contribution in [3.63, 3.8) is 0 Å². The molecule has 0 saturated heterocycles. The summed E-state index contributed by atoms with van der Waals surface area (Å²) in [6.07, 6.45) is 4.46. The maximum absolute atomic E-state index is 12.9. The van der Waals surface area contributed by atoms with E-state index in [-0.39, 0.29) is 5.91 Å². The van der Waals surface area contributed by atoms with Crippen LogP contribution in [0.2, 0.25) is 0 Å². The largest absolute Gasteiger partial charge is 0.376 e. The molecule has 0 radical (unpaired) electrons. The lowest BCUT2D eigenvalue weighted by Gasteiger charge is -2.29. The molecular weight excluding hydrogens is 288 g/mol. The first kappa shape index (κ1) is 15.7. The zero-order chi connectivity index (χ0) is 16.3. The molecule has 1 aliphatic heterocycles. The lowest BCUT2D eigenvalue weighted by Crippen LogP contribution is -2.42. The highest BCUT2D eigenvalue weighted by Crippen LogP contribution is 2.31. The maximum Gasteiger partial charge on any atom is 0.234 e. The van der Waals surface area contributed by atoms with E-state index in [2.05, 4.69) is 4.98 Å². The number of benzene rings is 1. The smallest absolute Gasteiger partial charge is 0.234 e. The first-order chi connectivity index (χ1) is 11.1. The average molecular weight is 310 g/mol. The summed E-state index contributed by atoms with van der Waals surface area (Å²) in [4.78, 5) is 18.9. The number of nitrogens with zero attached hydrogens (tertiary/aromatic N) is 2. The lowest BCUT2D eigenvalue weighted by atomic mass is 9.92. The van der Waals surface area contributed by atoms with Crippen LogP contribution in [0.1, 0.15) is 25.0 Å². The molecule has 2 aromatic rings. The summed E-state index contributed by atoms with van der Waals surface area (Å²) in [5, 5.41) is 0. The van der Waals surface area contributed by atoms with Gasteiger partial charge >= 0.3 is 0 Å². The van der Waals surface area contributed by atoms with Gasteiger partial charge in [-0.1, -0.05) is 30.3 Å². The van der Waals surface area contributed by atoms with Crippen molar-refractivity contribution in [3.8, 4) is 0 Å². The number of anilines is 1. The van der Waals surface area contributed by atoms with Crippen LogP contribution in [0.25, 0.3) is 0 Å². The molecule has 0 N–H and O–H groups in total. The molecule has 0 saturated carbocycles. The molecule has 1 amide bonds. The van der Waals surface area contributed by atoms with E-state index in [4.69, 9.17) is 4.74 Å². The highest BCUT2D eigenvalue weighted by Gasteiger charge is 2.36. The van der Waals surface area contributed by atoms with Gasteiger partial charge in [0.2, 0.25) is 5.91 Å². The van der Waals surface area contributed by atoms with E-state index in [0.29, 0.717) is 13.2 Å². The molecule has 0 atom stereocenters. The number of carbonyl (C=O) groups excluding carboxylic acids is 1. The first-order valence-corrected chi connectivity index (χ1v) is 7.94. The first-order valence-electron chi connectivity index (χ1n) is 7.94. The van der Waals surface area contributed by atoms with E-state index in [1.807, 2.05) is 61.3 Å². The summed E-state index contributed by atoms with van der Waals surface area (Å²) in [6.45, 7) is 5.54. The molecule has 2 heterocycles. The topological polar surface area (TPSA) is 42.4 Å². The molecule has 1 aliphatic rings. The second kappa shape index (κ2) is 6.50. The van der Waals surface area contributed by atoms with Gasteiger partial charge in [0.15, 0.2) is 0 Å². The van der Waals surface area contributed by atoms with Crippen LogP contribution in [-0.2, 0) is 22.6 Å². The van der Waals surface area contributed by atoms with Gasteiger partial charge in [-0.05, 0) is 37.5 Å². The van der Waals surface area contributed by atoms with E-state index < -0.39 is 5.41 Å². The van der Waals surface area contributed by atoms with E-state index >= 15 is 0 Å². The number of aromatic nitrogens is 1. The third-order valence-electron chi connectivity index (χ3n) is 4.17. The van der Waals surface area contributed by atoms with Crippen molar-refractivity contribution in [1.82, 2.24) is 4.98 Å². The van der Waals surface area contributed by atoms with Crippen LogP contribution in [0.3, 0.4) is 0 Å². The highest BCUT2D eigenvalue weighted by molar-refractivity contribution is 5.98. The summed E-state index contributed by atoms with van der Waals surface area (Å²) >= 11 is 0. The zero-order valence-corrected chi connectivity index (χ0v) is 13.7. The molecular formula is C19H22N2O2. The molecule has 0 fully saturated rings. The molecule has 23 heavy (non-hydrogen) atoms. The Balaban J connectivity index is 1.62. The van der Waals surface area contributed by atoms with Crippen LogP contribution >= 0.6 is 0 Å². The monoisotopic (exact) mass is 310 g/mol. The van der Waals surface area contributed by atoms with Crippen LogP contribution in [0.4, 0.5) is 5.69 Å². The predicted molar refractivity (Wildman–Crippen MR) is 90.2 cm³/mol. The normalized spacial score (nSPS) is 13.9. The van der Waals surface area contributed by atoms with Gasteiger partial charge in [-0.2, -0.15) is 0 Å². The van der Waals surface area contributed by atoms with Crippen LogP contribution < -0.4 is 4.90 Å². The number of amides is 1. The van der Waals surface area contributed by atoms with E-state index in [1.54, 1.807) is 6.20 Å². The molecule has 1 aromatic heterocycles. The number of hydrogen-bond donors (Lipinski definition) is 0. The van der Waals surface area contributed by atoms with Crippen molar-refractivity contribution < 1.29 is 9.53 Å². The molecule has 0 aliphatic carbocycles. The Hall–Kier alpha value is -2.20. The molecule has 120 valence electrons. The third kappa shape index (κ3) is 3.42. The number of hydrogen-bond acceptors (Lipinski definition) is 3. The third-order valence-corrected chi connectivity index (χ3v) is 4.17. The summed E-state index contributed by atoms with van der Waals surface area (Å²) in [5.74, 6) is 0.107. The van der Waals surface area contributed by atoms with E-state index in [1.165, 1.54) is 0 Å². The fourth-order valence-electron chi connectivity index (χ4n) is 2.86. The van der Waals surface area contributed by atoms with Gasteiger partial charge in [-0.3, -0.25) is 9.78 Å². The molecule has 4 nitrogen and oxygen atoms in total. The number of rotatable bonds is 5. The van der Waals surface area contributed by atoms with Gasteiger partial charge in [0, 0.05) is 24.6 Å². The highest BCUT2D eigenvalue weighted by atomic mass is 16.5. The number of pyridine rings is 1. The lowest BCUT2D eigenvalue weighted by molar-refractivity contribution is -0.130. The van der Waals surface area contributed by atoms with Gasteiger partial charge < -0.3 is 9.64 Å². The molecule has 1 aromatic carbocycles. The fourth-order valence-corrected chi connectivity index (χ4v) is 2.86. The standard InChI is InChI=1S/C19H22N2O2/c1-19(2,14-23-13-15-6-4-3-5-7-15)18(22)21-11-9-16-12-20-10-8-17(16)21/h3-8,10,12H,9,11,13-14H2,1-2H3.